The first-order chi connectivity index (χ1) is 15.6. The molecule has 1 saturated heterocycles. The first-order valence-electron chi connectivity index (χ1n) is 11.3. The molecule has 0 saturated carbocycles. The summed E-state index contributed by atoms with van der Waals surface area (Å²) in [5.41, 5.74) is 3.30. The van der Waals surface area contributed by atoms with Crippen LogP contribution in [-0.2, 0) is 12.8 Å². The predicted octanol–water partition coefficient (Wildman–Crippen LogP) is 6.23. The van der Waals surface area contributed by atoms with E-state index in [4.69, 9.17) is 4.98 Å². The van der Waals surface area contributed by atoms with Crippen LogP contribution in [0.25, 0.3) is 0 Å². The van der Waals surface area contributed by atoms with Crippen molar-refractivity contribution in [3.8, 4) is 0 Å². The SMILES string of the molecule is O=C(O)c1cnc(N2CCCCC[C@H]2c2ccccc2Br)nc1CCCc1ccccc1. The van der Waals surface area contributed by atoms with Gasteiger partial charge in [-0.3, -0.25) is 0 Å². The van der Waals surface area contributed by atoms with E-state index in [1.54, 1.807) is 0 Å². The van der Waals surface area contributed by atoms with Gasteiger partial charge >= 0.3 is 5.97 Å². The molecule has 3 aromatic rings. The molecule has 1 aromatic heterocycles. The van der Waals surface area contributed by atoms with Gasteiger partial charge in [0, 0.05) is 17.2 Å². The van der Waals surface area contributed by atoms with Gasteiger partial charge in [-0.1, -0.05) is 77.3 Å². The number of hydrogen-bond donors (Lipinski definition) is 1. The van der Waals surface area contributed by atoms with Crippen molar-refractivity contribution < 1.29 is 9.90 Å². The van der Waals surface area contributed by atoms with Crippen molar-refractivity contribution in [2.75, 3.05) is 11.4 Å². The Kier molecular flexibility index (Phi) is 7.53. The van der Waals surface area contributed by atoms with Gasteiger partial charge in [0.2, 0.25) is 5.95 Å². The predicted molar refractivity (Wildman–Crippen MR) is 130 cm³/mol. The van der Waals surface area contributed by atoms with Gasteiger partial charge < -0.3 is 10.0 Å². The topological polar surface area (TPSA) is 66.3 Å². The molecule has 0 radical (unpaired) electrons. The third-order valence-electron chi connectivity index (χ3n) is 6.08. The standard InChI is InChI=1S/C26H28BrN3O2/c27-22-14-7-6-13-20(22)24-16-5-2-8-17-30(24)26-28-18-21(25(31)32)23(29-26)15-9-12-19-10-3-1-4-11-19/h1,3-4,6-7,10-11,13-14,18,24H,2,5,8-9,12,15-17H2,(H,31,32)/t24-/m0/s1. The van der Waals surface area contributed by atoms with E-state index in [-0.39, 0.29) is 11.6 Å². The molecule has 1 aliphatic rings. The number of nitrogens with zero attached hydrogens (tertiary/aromatic N) is 3. The van der Waals surface area contributed by atoms with Crippen molar-refractivity contribution in [1.29, 1.82) is 0 Å². The fraction of sp³-hybridized carbons (Fsp3) is 0.346. The minimum absolute atomic E-state index is 0.168. The molecule has 2 aromatic carbocycles. The Labute approximate surface area is 197 Å². The van der Waals surface area contributed by atoms with Crippen LogP contribution in [0, 0.1) is 0 Å². The number of rotatable bonds is 7. The highest BCUT2D eigenvalue weighted by atomic mass is 79.9. The number of halogens is 1. The maximum Gasteiger partial charge on any atom is 0.339 e. The summed E-state index contributed by atoms with van der Waals surface area (Å²) in [5.74, 6) is -0.336. The van der Waals surface area contributed by atoms with E-state index >= 15 is 0 Å². The third-order valence-corrected chi connectivity index (χ3v) is 6.80. The second-order valence-corrected chi connectivity index (χ2v) is 9.11. The van der Waals surface area contributed by atoms with Gasteiger partial charge in [0.15, 0.2) is 0 Å². The van der Waals surface area contributed by atoms with E-state index < -0.39 is 5.97 Å². The Morgan fingerprint density at radius 2 is 1.81 bits per heavy atom. The summed E-state index contributed by atoms with van der Waals surface area (Å²) >= 11 is 3.71. The van der Waals surface area contributed by atoms with Crippen molar-refractivity contribution >= 4 is 27.8 Å². The van der Waals surface area contributed by atoms with Crippen LogP contribution in [0.1, 0.15) is 65.3 Å². The molecule has 5 nitrogen and oxygen atoms in total. The Bertz CT molecular complexity index is 1060. The lowest BCUT2D eigenvalue weighted by Gasteiger charge is -2.31. The van der Waals surface area contributed by atoms with Crippen LogP contribution < -0.4 is 4.90 Å². The van der Waals surface area contributed by atoms with Crippen LogP contribution in [0.3, 0.4) is 0 Å². The van der Waals surface area contributed by atoms with E-state index in [9.17, 15) is 9.90 Å². The second kappa shape index (κ2) is 10.7. The molecule has 0 spiro atoms. The molecule has 0 aliphatic carbocycles. The maximum absolute atomic E-state index is 11.8. The fourth-order valence-electron chi connectivity index (χ4n) is 4.44. The molecular formula is C26H28BrN3O2. The van der Waals surface area contributed by atoms with Gasteiger partial charge in [0.25, 0.3) is 0 Å². The van der Waals surface area contributed by atoms with Gasteiger partial charge in [0.1, 0.15) is 0 Å². The van der Waals surface area contributed by atoms with Crippen LogP contribution in [0.5, 0.6) is 0 Å². The molecule has 0 amide bonds. The largest absolute Gasteiger partial charge is 0.478 e. The van der Waals surface area contributed by atoms with E-state index in [0.29, 0.717) is 18.1 Å². The zero-order valence-corrected chi connectivity index (χ0v) is 19.7. The average molecular weight is 494 g/mol. The number of aromatic nitrogens is 2. The summed E-state index contributed by atoms with van der Waals surface area (Å²) < 4.78 is 1.09. The molecule has 6 heteroatoms. The Hall–Kier alpha value is -2.73. The maximum atomic E-state index is 11.8. The number of carboxylic acids is 1. The first-order valence-corrected chi connectivity index (χ1v) is 12.1. The van der Waals surface area contributed by atoms with Crippen LogP contribution in [0.2, 0.25) is 0 Å². The molecule has 1 atom stereocenters. The first kappa shape index (κ1) is 22.5. The van der Waals surface area contributed by atoms with E-state index in [2.05, 4.69) is 56.1 Å². The van der Waals surface area contributed by atoms with Gasteiger partial charge in [0.05, 0.1) is 17.3 Å². The lowest BCUT2D eigenvalue weighted by atomic mass is 10.0. The summed E-state index contributed by atoms with van der Waals surface area (Å²) in [7, 11) is 0. The van der Waals surface area contributed by atoms with E-state index in [1.807, 2.05) is 24.3 Å². The smallest absolute Gasteiger partial charge is 0.339 e. The number of aryl methyl sites for hydroxylation is 2. The molecule has 0 bridgehead atoms. The van der Waals surface area contributed by atoms with E-state index in [0.717, 1.165) is 43.1 Å². The summed E-state index contributed by atoms with van der Waals surface area (Å²) in [6.45, 7) is 0.863. The van der Waals surface area contributed by atoms with Crippen LogP contribution >= 0.6 is 15.9 Å². The molecule has 0 unspecified atom stereocenters. The highest BCUT2D eigenvalue weighted by molar-refractivity contribution is 9.10. The van der Waals surface area contributed by atoms with Crippen molar-refractivity contribution in [1.82, 2.24) is 9.97 Å². The Morgan fingerprint density at radius 1 is 1.03 bits per heavy atom. The third kappa shape index (κ3) is 5.36. The number of carboxylic acid groups (broad SMARTS) is 1. The molecular weight excluding hydrogens is 466 g/mol. The van der Waals surface area contributed by atoms with Crippen molar-refractivity contribution in [3.63, 3.8) is 0 Å². The Balaban J connectivity index is 1.61. The number of aromatic carboxylic acids is 1. The summed E-state index contributed by atoms with van der Waals surface area (Å²) in [6, 6.07) is 18.7. The number of hydrogen-bond acceptors (Lipinski definition) is 4. The molecule has 32 heavy (non-hydrogen) atoms. The summed E-state index contributed by atoms with van der Waals surface area (Å²) in [6.07, 6.45) is 8.26. The van der Waals surface area contributed by atoms with Gasteiger partial charge in [-0.05, 0) is 49.3 Å². The Morgan fingerprint density at radius 3 is 2.59 bits per heavy atom. The van der Waals surface area contributed by atoms with Crippen LogP contribution in [-0.4, -0.2) is 27.6 Å². The summed E-state index contributed by atoms with van der Waals surface area (Å²) in [4.78, 5) is 23.4. The van der Waals surface area contributed by atoms with E-state index in [1.165, 1.54) is 23.7 Å². The molecule has 1 fully saturated rings. The molecule has 2 heterocycles. The van der Waals surface area contributed by atoms with Gasteiger partial charge in [-0.2, -0.15) is 0 Å². The molecule has 166 valence electrons. The minimum Gasteiger partial charge on any atom is -0.478 e. The fourth-order valence-corrected chi connectivity index (χ4v) is 4.98. The monoisotopic (exact) mass is 493 g/mol. The average Bonchev–Trinajstić information content (AvgIpc) is 3.06. The van der Waals surface area contributed by atoms with Crippen molar-refractivity contribution in [3.05, 3.63) is 87.7 Å². The summed E-state index contributed by atoms with van der Waals surface area (Å²) in [5, 5.41) is 9.69. The zero-order valence-electron chi connectivity index (χ0n) is 18.1. The highest BCUT2D eigenvalue weighted by Gasteiger charge is 2.27. The highest BCUT2D eigenvalue weighted by Crippen LogP contribution is 2.36. The number of carbonyl (C=O) groups is 1. The lowest BCUT2D eigenvalue weighted by molar-refractivity contribution is 0.0694. The van der Waals surface area contributed by atoms with Gasteiger partial charge in [-0.25, -0.2) is 14.8 Å². The van der Waals surface area contributed by atoms with Crippen LogP contribution in [0.4, 0.5) is 5.95 Å². The minimum atomic E-state index is -0.968. The molecule has 1 N–H and O–H groups in total. The molecule has 1 aliphatic heterocycles. The number of anilines is 1. The zero-order chi connectivity index (χ0) is 22.3. The van der Waals surface area contributed by atoms with Gasteiger partial charge in [-0.15, -0.1) is 0 Å². The quantitative estimate of drug-likeness (QED) is 0.422. The normalized spacial score (nSPS) is 16.5. The molecule has 4 rings (SSSR count). The van der Waals surface area contributed by atoms with Crippen molar-refractivity contribution in [2.45, 2.75) is 51.0 Å². The van der Waals surface area contributed by atoms with Crippen molar-refractivity contribution in [2.24, 2.45) is 0 Å². The number of benzene rings is 2. The second-order valence-electron chi connectivity index (χ2n) is 8.25. The van der Waals surface area contributed by atoms with Crippen LogP contribution in [0.15, 0.2) is 65.3 Å². The lowest BCUT2D eigenvalue weighted by Crippen LogP contribution is -2.31.